The molecule has 1 fully saturated rings. The van der Waals surface area contributed by atoms with E-state index in [1.807, 2.05) is 0 Å². The second-order valence-electron chi connectivity index (χ2n) is 4.20. The third kappa shape index (κ3) is 2.73. The number of benzene rings is 1. The minimum atomic E-state index is -3.96. The molecule has 1 aromatic rings. The van der Waals surface area contributed by atoms with Gasteiger partial charge in [0.1, 0.15) is 11.1 Å². The second-order valence-corrected chi connectivity index (χ2v) is 7.11. The summed E-state index contributed by atoms with van der Waals surface area (Å²) in [5, 5.41) is 9.49. The zero-order chi connectivity index (χ0) is 15.1. The van der Waals surface area contributed by atoms with Gasteiger partial charge in [-0.2, -0.15) is 0 Å². The molecular weight excluding hydrogens is 315 g/mol. The van der Waals surface area contributed by atoms with Gasteiger partial charge in [-0.05, 0) is 6.07 Å². The molecule has 1 aliphatic heterocycles. The van der Waals surface area contributed by atoms with Crippen molar-refractivity contribution in [3.05, 3.63) is 34.1 Å². The Balaban J connectivity index is 2.40. The van der Waals surface area contributed by atoms with E-state index >= 15 is 0 Å². The van der Waals surface area contributed by atoms with Crippen molar-refractivity contribution < 1.29 is 22.5 Å². The summed E-state index contributed by atoms with van der Waals surface area (Å²) in [5.41, 5.74) is -0.724. The van der Waals surface area contributed by atoms with Gasteiger partial charge in [0.2, 0.25) is 15.0 Å². The van der Waals surface area contributed by atoms with E-state index in [9.17, 15) is 27.7 Å². The van der Waals surface area contributed by atoms with Crippen molar-refractivity contribution in [2.45, 2.75) is 11.7 Å². The number of halogens is 2. The van der Waals surface area contributed by atoms with Crippen LogP contribution in [0.4, 0.5) is 15.8 Å². The Morgan fingerprint density at radius 3 is 2.60 bits per heavy atom. The Hall–Kier alpha value is -1.74. The molecule has 1 amide bonds. The summed E-state index contributed by atoms with van der Waals surface area (Å²) in [7, 11) is 1.21. The smallest absolute Gasteiger partial charge is 0.271 e. The van der Waals surface area contributed by atoms with E-state index in [2.05, 4.69) is 0 Å². The topological polar surface area (TPSA) is 97.6 Å². The molecule has 0 spiro atoms. The van der Waals surface area contributed by atoms with Crippen LogP contribution < -0.4 is 4.90 Å². The number of hydrogen-bond acceptors (Lipinski definition) is 5. The number of carbonyl (C=O) groups is 1. The van der Waals surface area contributed by atoms with E-state index in [0.717, 1.165) is 23.1 Å². The zero-order valence-corrected chi connectivity index (χ0v) is 11.4. The van der Waals surface area contributed by atoms with Crippen LogP contribution in [-0.4, -0.2) is 31.0 Å². The number of hydrogen-bond donors (Lipinski definition) is 0. The minimum Gasteiger partial charge on any atom is -0.308 e. The Bertz CT molecular complexity index is 693. The van der Waals surface area contributed by atoms with Crippen LogP contribution in [0.25, 0.3) is 0 Å². The lowest BCUT2D eigenvalue weighted by Gasteiger charge is -2.16. The SMILES string of the molecule is O=C1CC(S(=O)(=O)Cl)CN1c1cc([N+](=O)[O-])ccc1F. The molecule has 108 valence electrons. The fraction of sp³-hybridized carbons (Fsp3) is 0.300. The molecule has 1 aromatic carbocycles. The first-order valence-corrected chi connectivity index (χ1v) is 7.75. The first-order chi connectivity index (χ1) is 9.20. The number of nitrogens with zero attached hydrogens (tertiary/aromatic N) is 2. The number of non-ortho nitro benzene ring substituents is 1. The van der Waals surface area contributed by atoms with Gasteiger partial charge in [-0.25, -0.2) is 12.8 Å². The van der Waals surface area contributed by atoms with Gasteiger partial charge < -0.3 is 4.90 Å². The lowest BCUT2D eigenvalue weighted by molar-refractivity contribution is -0.384. The monoisotopic (exact) mass is 322 g/mol. The maximum absolute atomic E-state index is 13.7. The Morgan fingerprint density at radius 2 is 2.10 bits per heavy atom. The maximum Gasteiger partial charge on any atom is 0.271 e. The maximum atomic E-state index is 13.7. The van der Waals surface area contributed by atoms with E-state index in [-0.39, 0.29) is 18.7 Å². The van der Waals surface area contributed by atoms with Crippen molar-refractivity contribution in [1.82, 2.24) is 0 Å². The van der Waals surface area contributed by atoms with E-state index in [1.54, 1.807) is 0 Å². The van der Waals surface area contributed by atoms with Crippen LogP contribution in [0.1, 0.15) is 6.42 Å². The predicted molar refractivity (Wildman–Crippen MR) is 68.6 cm³/mol. The molecule has 0 bridgehead atoms. The van der Waals surface area contributed by atoms with Gasteiger partial charge in [0.05, 0.1) is 10.6 Å². The molecule has 0 saturated carbocycles. The molecule has 0 aliphatic carbocycles. The van der Waals surface area contributed by atoms with E-state index in [0.29, 0.717) is 0 Å². The van der Waals surface area contributed by atoms with Crippen LogP contribution in [0.3, 0.4) is 0 Å². The average Bonchev–Trinajstić information content (AvgIpc) is 2.71. The largest absolute Gasteiger partial charge is 0.308 e. The molecule has 0 aromatic heterocycles. The Kier molecular flexibility index (Phi) is 3.65. The summed E-state index contributed by atoms with van der Waals surface area (Å²) < 4.78 is 36.1. The van der Waals surface area contributed by atoms with Gasteiger partial charge in [0.25, 0.3) is 5.69 Å². The molecular formula is C10H8ClFN2O5S. The van der Waals surface area contributed by atoms with Crippen molar-refractivity contribution in [2.75, 3.05) is 11.4 Å². The van der Waals surface area contributed by atoms with Crippen molar-refractivity contribution >= 4 is 37.0 Å². The third-order valence-electron chi connectivity index (χ3n) is 2.92. The third-order valence-corrected chi connectivity index (χ3v) is 4.79. The van der Waals surface area contributed by atoms with Crippen LogP contribution in [0.2, 0.25) is 0 Å². The van der Waals surface area contributed by atoms with Gasteiger partial charge in [0.15, 0.2) is 0 Å². The van der Waals surface area contributed by atoms with Gasteiger partial charge >= 0.3 is 0 Å². The van der Waals surface area contributed by atoms with Gasteiger partial charge in [0, 0.05) is 35.8 Å². The highest BCUT2D eigenvalue weighted by atomic mass is 35.7. The summed E-state index contributed by atoms with van der Waals surface area (Å²) in [6, 6.07) is 2.69. The molecule has 1 atom stereocenters. The standard InChI is InChI=1S/C10H8ClFN2O5S/c11-20(18,19)7-4-10(15)13(5-7)9-3-6(14(16)17)1-2-8(9)12/h1-3,7H,4-5H2. The Labute approximate surface area is 117 Å². The Morgan fingerprint density at radius 1 is 1.45 bits per heavy atom. The molecule has 1 unspecified atom stereocenters. The number of carbonyl (C=O) groups excluding carboxylic acids is 1. The number of amides is 1. The number of anilines is 1. The lowest BCUT2D eigenvalue weighted by Crippen LogP contribution is -2.27. The summed E-state index contributed by atoms with van der Waals surface area (Å²) in [6.07, 6.45) is -0.381. The van der Waals surface area contributed by atoms with Gasteiger partial charge in [-0.3, -0.25) is 14.9 Å². The van der Waals surface area contributed by atoms with Crippen molar-refractivity contribution in [2.24, 2.45) is 0 Å². The van der Waals surface area contributed by atoms with Crippen LogP contribution >= 0.6 is 10.7 Å². The second kappa shape index (κ2) is 4.98. The zero-order valence-electron chi connectivity index (χ0n) is 9.82. The molecule has 0 N–H and O–H groups in total. The summed E-state index contributed by atoms with van der Waals surface area (Å²) in [6.45, 7) is -0.331. The highest BCUT2D eigenvalue weighted by Crippen LogP contribution is 2.31. The van der Waals surface area contributed by atoms with Crippen LogP contribution in [-0.2, 0) is 13.8 Å². The van der Waals surface area contributed by atoms with Crippen molar-refractivity contribution in [1.29, 1.82) is 0 Å². The average molecular weight is 323 g/mol. The lowest BCUT2D eigenvalue weighted by atomic mass is 10.2. The fourth-order valence-electron chi connectivity index (χ4n) is 1.92. The molecule has 1 aliphatic rings. The highest BCUT2D eigenvalue weighted by Gasteiger charge is 2.39. The summed E-state index contributed by atoms with van der Waals surface area (Å²) in [5.74, 6) is -1.50. The predicted octanol–water partition coefficient (Wildman–Crippen LogP) is 1.41. The quantitative estimate of drug-likeness (QED) is 0.476. The van der Waals surface area contributed by atoms with E-state index < -0.39 is 36.6 Å². The summed E-state index contributed by atoms with van der Waals surface area (Å²) >= 11 is 0. The molecule has 1 heterocycles. The van der Waals surface area contributed by atoms with E-state index in [4.69, 9.17) is 10.7 Å². The fourth-order valence-corrected chi connectivity index (χ4v) is 2.94. The first kappa shape index (κ1) is 14.7. The summed E-state index contributed by atoms with van der Waals surface area (Å²) in [4.78, 5) is 22.5. The van der Waals surface area contributed by atoms with Crippen molar-refractivity contribution in [3.63, 3.8) is 0 Å². The highest BCUT2D eigenvalue weighted by molar-refractivity contribution is 8.14. The molecule has 0 radical (unpaired) electrons. The first-order valence-electron chi connectivity index (χ1n) is 5.38. The molecule has 1 saturated heterocycles. The van der Waals surface area contributed by atoms with Crippen LogP contribution in [0.15, 0.2) is 18.2 Å². The minimum absolute atomic E-state index is 0.327. The van der Waals surface area contributed by atoms with Gasteiger partial charge in [-0.15, -0.1) is 0 Å². The van der Waals surface area contributed by atoms with Crippen LogP contribution in [0.5, 0.6) is 0 Å². The normalized spacial score (nSPS) is 19.4. The number of nitro groups is 1. The molecule has 20 heavy (non-hydrogen) atoms. The van der Waals surface area contributed by atoms with Crippen LogP contribution in [0, 0.1) is 15.9 Å². The number of rotatable bonds is 3. The molecule has 2 rings (SSSR count). The van der Waals surface area contributed by atoms with E-state index in [1.165, 1.54) is 0 Å². The molecule has 10 heteroatoms. The van der Waals surface area contributed by atoms with Crippen molar-refractivity contribution in [3.8, 4) is 0 Å². The van der Waals surface area contributed by atoms with Gasteiger partial charge in [-0.1, -0.05) is 0 Å². The molecule has 7 nitrogen and oxygen atoms in total. The number of nitro benzene ring substituents is 1.